The molecule has 0 radical (unpaired) electrons. The van der Waals surface area contributed by atoms with Crippen LogP contribution in [0.5, 0.6) is 5.75 Å². The maximum absolute atomic E-state index is 13.1. The Bertz CT molecular complexity index is 829. The minimum atomic E-state index is -0.763. The number of carbonyl (C=O) groups excluding carboxylic acids is 1. The Morgan fingerprint density at radius 3 is 2.73 bits per heavy atom. The Labute approximate surface area is 180 Å². The Kier molecular flexibility index (Phi) is 7.88. The van der Waals surface area contributed by atoms with E-state index in [1.54, 1.807) is 7.11 Å². The SMILES string of the molecule is COc1ccccc1-c1cccc(CC2(C(=O)NCCCCN(C)C)CCCO2)c1. The van der Waals surface area contributed by atoms with E-state index < -0.39 is 5.60 Å². The molecule has 0 aromatic heterocycles. The molecule has 0 bridgehead atoms. The Morgan fingerprint density at radius 2 is 2.00 bits per heavy atom. The van der Waals surface area contributed by atoms with Gasteiger partial charge in [-0.15, -0.1) is 0 Å². The van der Waals surface area contributed by atoms with Crippen LogP contribution in [-0.4, -0.2) is 57.3 Å². The second kappa shape index (κ2) is 10.6. The largest absolute Gasteiger partial charge is 0.496 e. The molecule has 3 rings (SSSR count). The van der Waals surface area contributed by atoms with Crippen LogP contribution in [0, 0.1) is 0 Å². The van der Waals surface area contributed by atoms with Crippen molar-refractivity contribution in [3.05, 3.63) is 54.1 Å². The number of amides is 1. The summed E-state index contributed by atoms with van der Waals surface area (Å²) in [6.45, 7) is 2.37. The molecule has 30 heavy (non-hydrogen) atoms. The quantitative estimate of drug-likeness (QED) is 0.604. The maximum Gasteiger partial charge on any atom is 0.252 e. The van der Waals surface area contributed by atoms with E-state index in [-0.39, 0.29) is 5.91 Å². The van der Waals surface area contributed by atoms with Gasteiger partial charge >= 0.3 is 0 Å². The van der Waals surface area contributed by atoms with Crippen LogP contribution < -0.4 is 10.1 Å². The van der Waals surface area contributed by atoms with Crippen molar-refractivity contribution in [2.45, 2.75) is 37.7 Å². The highest BCUT2D eigenvalue weighted by atomic mass is 16.5. The van der Waals surface area contributed by atoms with Crippen molar-refractivity contribution >= 4 is 5.91 Å². The summed E-state index contributed by atoms with van der Waals surface area (Å²) in [7, 11) is 5.82. The lowest BCUT2D eigenvalue weighted by molar-refractivity contribution is -0.141. The first kappa shape index (κ1) is 22.3. The summed E-state index contributed by atoms with van der Waals surface area (Å²) in [5.41, 5.74) is 2.47. The van der Waals surface area contributed by atoms with Gasteiger partial charge in [0.25, 0.3) is 5.91 Å². The molecule has 5 nitrogen and oxygen atoms in total. The molecule has 1 atom stereocenters. The lowest BCUT2D eigenvalue weighted by Crippen LogP contribution is -2.48. The van der Waals surface area contributed by atoms with E-state index in [1.165, 1.54) is 0 Å². The number of hydrogen-bond donors (Lipinski definition) is 1. The molecule has 0 saturated carbocycles. The summed E-state index contributed by atoms with van der Waals surface area (Å²) in [5.74, 6) is 0.865. The third kappa shape index (κ3) is 5.61. The fourth-order valence-electron chi connectivity index (χ4n) is 4.07. The molecule has 0 spiro atoms. The van der Waals surface area contributed by atoms with Gasteiger partial charge in [0.1, 0.15) is 5.75 Å². The van der Waals surface area contributed by atoms with Crippen LogP contribution in [-0.2, 0) is 16.0 Å². The molecular formula is C25H34N2O3. The first-order valence-corrected chi connectivity index (χ1v) is 10.8. The monoisotopic (exact) mass is 410 g/mol. The molecule has 1 amide bonds. The summed E-state index contributed by atoms with van der Waals surface area (Å²) in [5, 5.41) is 3.12. The highest BCUT2D eigenvalue weighted by Gasteiger charge is 2.42. The highest BCUT2D eigenvalue weighted by Crippen LogP contribution is 2.33. The van der Waals surface area contributed by atoms with Crippen molar-refractivity contribution in [3.63, 3.8) is 0 Å². The molecule has 0 aliphatic carbocycles. The molecule has 5 heteroatoms. The van der Waals surface area contributed by atoms with Gasteiger partial charge in [-0.2, -0.15) is 0 Å². The second-order valence-corrected chi connectivity index (χ2v) is 8.29. The fourth-order valence-corrected chi connectivity index (χ4v) is 4.07. The average Bonchev–Trinajstić information content (AvgIpc) is 3.23. The number of ether oxygens (including phenoxy) is 2. The van der Waals surface area contributed by atoms with Gasteiger partial charge in [-0.3, -0.25) is 4.79 Å². The first-order chi connectivity index (χ1) is 14.5. The van der Waals surface area contributed by atoms with Crippen molar-refractivity contribution in [1.29, 1.82) is 0 Å². The molecular weight excluding hydrogens is 376 g/mol. The van der Waals surface area contributed by atoms with Crippen molar-refractivity contribution < 1.29 is 14.3 Å². The number of nitrogens with zero attached hydrogens (tertiary/aromatic N) is 1. The van der Waals surface area contributed by atoms with Crippen LogP contribution in [0.4, 0.5) is 0 Å². The smallest absolute Gasteiger partial charge is 0.252 e. The van der Waals surface area contributed by atoms with Crippen LogP contribution in [0.25, 0.3) is 11.1 Å². The van der Waals surface area contributed by atoms with Crippen LogP contribution in [0.3, 0.4) is 0 Å². The molecule has 1 aliphatic rings. The van der Waals surface area contributed by atoms with Gasteiger partial charge in [-0.1, -0.05) is 42.5 Å². The summed E-state index contributed by atoms with van der Waals surface area (Å²) in [6, 6.07) is 16.3. The number of hydrogen-bond acceptors (Lipinski definition) is 4. The lowest BCUT2D eigenvalue weighted by Gasteiger charge is -2.27. The van der Waals surface area contributed by atoms with Gasteiger partial charge < -0.3 is 19.7 Å². The van der Waals surface area contributed by atoms with Gasteiger partial charge in [0.2, 0.25) is 0 Å². The molecule has 1 aliphatic heterocycles. The van der Waals surface area contributed by atoms with Crippen molar-refractivity contribution in [2.75, 3.05) is 40.9 Å². The van der Waals surface area contributed by atoms with Gasteiger partial charge in [0, 0.05) is 25.1 Å². The fraction of sp³-hybridized carbons (Fsp3) is 0.480. The van der Waals surface area contributed by atoms with Gasteiger partial charge in [0.15, 0.2) is 5.60 Å². The molecule has 2 aromatic carbocycles. The van der Waals surface area contributed by atoms with Gasteiger partial charge in [-0.25, -0.2) is 0 Å². The van der Waals surface area contributed by atoms with Gasteiger partial charge in [0.05, 0.1) is 7.11 Å². The maximum atomic E-state index is 13.1. The normalized spacial score (nSPS) is 18.5. The van der Waals surface area contributed by atoms with Crippen molar-refractivity contribution in [3.8, 4) is 16.9 Å². The molecule has 1 saturated heterocycles. The number of methoxy groups -OCH3 is 1. The number of rotatable bonds is 10. The van der Waals surface area contributed by atoms with E-state index in [2.05, 4.69) is 48.6 Å². The van der Waals surface area contributed by atoms with E-state index in [0.717, 1.165) is 54.7 Å². The minimum Gasteiger partial charge on any atom is -0.496 e. The number of nitrogens with one attached hydrogen (secondary N) is 1. The van der Waals surface area contributed by atoms with Crippen molar-refractivity contribution in [2.24, 2.45) is 0 Å². The second-order valence-electron chi connectivity index (χ2n) is 8.29. The number of unbranched alkanes of at least 4 members (excludes halogenated alkanes) is 1. The number of benzene rings is 2. The van der Waals surface area contributed by atoms with Gasteiger partial charge in [-0.05, 0) is 63.5 Å². The summed E-state index contributed by atoms with van der Waals surface area (Å²) in [4.78, 5) is 15.2. The molecule has 1 fully saturated rings. The Balaban J connectivity index is 1.70. The summed E-state index contributed by atoms with van der Waals surface area (Å²) in [6.07, 6.45) is 4.31. The molecule has 2 aromatic rings. The molecule has 1 unspecified atom stereocenters. The standard InChI is InChI=1S/C25H34N2O3/c1-27(2)16-7-6-15-26-24(28)25(14-9-17-30-25)19-20-10-8-11-21(18-20)22-12-4-5-13-23(22)29-3/h4-5,8,10-13,18H,6-7,9,14-17,19H2,1-3H3,(H,26,28). The predicted octanol–water partition coefficient (Wildman–Crippen LogP) is 3.91. The lowest BCUT2D eigenvalue weighted by atomic mass is 9.89. The zero-order chi connectivity index (χ0) is 21.4. The average molecular weight is 411 g/mol. The number of para-hydroxylation sites is 1. The number of carbonyl (C=O) groups is 1. The Morgan fingerprint density at radius 1 is 1.17 bits per heavy atom. The minimum absolute atomic E-state index is 0.0209. The summed E-state index contributed by atoms with van der Waals surface area (Å²) >= 11 is 0. The Hall–Kier alpha value is -2.37. The van der Waals surface area contributed by atoms with E-state index in [1.807, 2.05) is 24.3 Å². The summed E-state index contributed by atoms with van der Waals surface area (Å²) < 4.78 is 11.6. The third-order valence-corrected chi connectivity index (χ3v) is 5.67. The predicted molar refractivity (Wildman–Crippen MR) is 121 cm³/mol. The van der Waals surface area contributed by atoms with Crippen LogP contribution in [0.2, 0.25) is 0 Å². The van der Waals surface area contributed by atoms with E-state index in [4.69, 9.17) is 9.47 Å². The van der Waals surface area contributed by atoms with Crippen molar-refractivity contribution in [1.82, 2.24) is 10.2 Å². The zero-order valence-electron chi connectivity index (χ0n) is 18.4. The van der Waals surface area contributed by atoms with E-state index >= 15 is 0 Å². The van der Waals surface area contributed by atoms with E-state index in [0.29, 0.717) is 19.6 Å². The highest BCUT2D eigenvalue weighted by molar-refractivity contribution is 5.86. The van der Waals surface area contributed by atoms with E-state index in [9.17, 15) is 4.79 Å². The third-order valence-electron chi connectivity index (χ3n) is 5.67. The van der Waals surface area contributed by atoms with Crippen LogP contribution in [0.15, 0.2) is 48.5 Å². The molecule has 162 valence electrons. The topological polar surface area (TPSA) is 50.8 Å². The van der Waals surface area contributed by atoms with Crippen LogP contribution in [0.1, 0.15) is 31.2 Å². The van der Waals surface area contributed by atoms with Crippen LogP contribution >= 0.6 is 0 Å². The molecule has 1 N–H and O–H groups in total. The first-order valence-electron chi connectivity index (χ1n) is 10.8. The molecule has 1 heterocycles. The zero-order valence-corrected chi connectivity index (χ0v) is 18.4.